The summed E-state index contributed by atoms with van der Waals surface area (Å²) in [6.45, 7) is 6.43. The smallest absolute Gasteiger partial charge is 0.0503 e. The van der Waals surface area contributed by atoms with Gasteiger partial charge in [0.1, 0.15) is 0 Å². The maximum atomic E-state index is 6.09. The number of hydrogen-bond donors (Lipinski definition) is 1. The maximum Gasteiger partial charge on any atom is 0.0503 e. The highest BCUT2D eigenvalue weighted by Gasteiger charge is 2.21. The second-order valence-corrected chi connectivity index (χ2v) is 5.02. The van der Waals surface area contributed by atoms with Crippen molar-refractivity contribution in [3.05, 3.63) is 34.5 Å². The highest BCUT2D eigenvalue weighted by Crippen LogP contribution is 2.32. The highest BCUT2D eigenvalue weighted by molar-refractivity contribution is 6.31. The molecule has 0 amide bonds. The Morgan fingerprint density at radius 1 is 1.44 bits per heavy atom. The van der Waals surface area contributed by atoms with Gasteiger partial charge in [-0.05, 0) is 31.5 Å². The Labute approximate surface area is 100 Å². The van der Waals surface area contributed by atoms with E-state index in [2.05, 4.69) is 35.9 Å². The molecule has 1 aliphatic rings. The second kappa shape index (κ2) is 3.51. The van der Waals surface area contributed by atoms with Gasteiger partial charge in [0.15, 0.2) is 0 Å². The SMILES string of the molecule is Cc1c2n(c3cc(Cl)ccc13)[C@H](C)CNC2. The number of rotatable bonds is 0. The maximum absolute atomic E-state index is 6.09. The van der Waals surface area contributed by atoms with Crippen LogP contribution in [-0.4, -0.2) is 11.1 Å². The molecule has 0 aliphatic carbocycles. The molecule has 16 heavy (non-hydrogen) atoms. The predicted octanol–water partition coefficient (Wildman–Crippen LogP) is 3.27. The van der Waals surface area contributed by atoms with E-state index in [1.165, 1.54) is 22.2 Å². The normalized spacial score (nSPS) is 20.1. The minimum Gasteiger partial charge on any atom is -0.339 e. The van der Waals surface area contributed by atoms with E-state index >= 15 is 0 Å². The fraction of sp³-hybridized carbons (Fsp3) is 0.385. The first-order chi connectivity index (χ1) is 7.68. The van der Waals surface area contributed by atoms with Crippen LogP contribution in [0.3, 0.4) is 0 Å². The van der Waals surface area contributed by atoms with E-state index in [1.54, 1.807) is 0 Å². The third kappa shape index (κ3) is 1.30. The van der Waals surface area contributed by atoms with Crippen LogP contribution in [0, 0.1) is 6.92 Å². The zero-order valence-electron chi connectivity index (χ0n) is 9.55. The summed E-state index contributed by atoms with van der Waals surface area (Å²) in [6, 6.07) is 6.68. The number of aromatic nitrogens is 1. The Balaban J connectivity index is 2.40. The lowest BCUT2D eigenvalue weighted by Crippen LogP contribution is -2.31. The lowest BCUT2D eigenvalue weighted by molar-refractivity contribution is 0.438. The van der Waals surface area contributed by atoms with Gasteiger partial charge >= 0.3 is 0 Å². The molecule has 1 N–H and O–H groups in total. The average Bonchev–Trinajstić information content (AvgIpc) is 2.54. The van der Waals surface area contributed by atoms with E-state index in [0.29, 0.717) is 6.04 Å². The molecule has 0 bridgehead atoms. The summed E-state index contributed by atoms with van der Waals surface area (Å²) in [7, 11) is 0. The van der Waals surface area contributed by atoms with Crippen molar-refractivity contribution in [3.8, 4) is 0 Å². The third-order valence-electron chi connectivity index (χ3n) is 3.52. The van der Waals surface area contributed by atoms with Crippen molar-refractivity contribution in [2.24, 2.45) is 0 Å². The van der Waals surface area contributed by atoms with E-state index in [4.69, 9.17) is 11.6 Å². The molecule has 3 heteroatoms. The summed E-state index contributed by atoms with van der Waals surface area (Å²) in [4.78, 5) is 0. The summed E-state index contributed by atoms with van der Waals surface area (Å²) in [5.41, 5.74) is 4.05. The molecular weight excluding hydrogens is 220 g/mol. The monoisotopic (exact) mass is 234 g/mol. The van der Waals surface area contributed by atoms with Gasteiger partial charge in [0, 0.05) is 35.2 Å². The van der Waals surface area contributed by atoms with E-state index in [9.17, 15) is 0 Å². The lowest BCUT2D eigenvalue weighted by Gasteiger charge is -2.25. The number of fused-ring (bicyclic) bond motifs is 3. The topological polar surface area (TPSA) is 17.0 Å². The van der Waals surface area contributed by atoms with Crippen LogP contribution in [-0.2, 0) is 6.54 Å². The molecule has 0 radical (unpaired) electrons. The molecule has 0 unspecified atom stereocenters. The fourth-order valence-electron chi connectivity index (χ4n) is 2.71. The van der Waals surface area contributed by atoms with Crippen molar-refractivity contribution in [1.29, 1.82) is 0 Å². The summed E-state index contributed by atoms with van der Waals surface area (Å²) in [5, 5.41) is 5.60. The molecule has 1 aromatic heterocycles. The van der Waals surface area contributed by atoms with Gasteiger partial charge in [-0.3, -0.25) is 0 Å². The number of hydrogen-bond acceptors (Lipinski definition) is 1. The Morgan fingerprint density at radius 2 is 2.25 bits per heavy atom. The first kappa shape index (κ1) is 10.2. The first-order valence-electron chi connectivity index (χ1n) is 5.68. The third-order valence-corrected chi connectivity index (χ3v) is 3.76. The molecule has 0 spiro atoms. The Morgan fingerprint density at radius 3 is 3.06 bits per heavy atom. The zero-order valence-corrected chi connectivity index (χ0v) is 10.3. The number of benzene rings is 1. The van der Waals surface area contributed by atoms with Gasteiger partial charge in [-0.25, -0.2) is 0 Å². The molecule has 0 saturated heterocycles. The van der Waals surface area contributed by atoms with Crippen LogP contribution in [0.5, 0.6) is 0 Å². The Hall–Kier alpha value is -0.990. The summed E-state index contributed by atoms with van der Waals surface area (Å²) in [5.74, 6) is 0. The predicted molar refractivity (Wildman–Crippen MR) is 68.1 cm³/mol. The van der Waals surface area contributed by atoms with Crippen LogP contribution in [0.4, 0.5) is 0 Å². The molecule has 2 aromatic rings. The minimum absolute atomic E-state index is 0.499. The van der Waals surface area contributed by atoms with Crippen LogP contribution in [0.25, 0.3) is 10.9 Å². The van der Waals surface area contributed by atoms with Crippen molar-refractivity contribution in [2.75, 3.05) is 6.54 Å². The van der Waals surface area contributed by atoms with Crippen LogP contribution >= 0.6 is 11.6 Å². The van der Waals surface area contributed by atoms with Crippen molar-refractivity contribution < 1.29 is 0 Å². The Bertz CT molecular complexity index is 557. The van der Waals surface area contributed by atoms with Crippen molar-refractivity contribution in [1.82, 2.24) is 9.88 Å². The summed E-state index contributed by atoms with van der Waals surface area (Å²) < 4.78 is 2.42. The van der Waals surface area contributed by atoms with Crippen LogP contribution in [0.15, 0.2) is 18.2 Å². The molecule has 84 valence electrons. The van der Waals surface area contributed by atoms with Crippen LogP contribution in [0.1, 0.15) is 24.2 Å². The van der Waals surface area contributed by atoms with Gasteiger partial charge in [-0.1, -0.05) is 17.7 Å². The second-order valence-electron chi connectivity index (χ2n) is 4.58. The van der Waals surface area contributed by atoms with Gasteiger partial charge in [0.25, 0.3) is 0 Å². The van der Waals surface area contributed by atoms with Crippen molar-refractivity contribution in [3.63, 3.8) is 0 Å². The van der Waals surface area contributed by atoms with Gasteiger partial charge < -0.3 is 9.88 Å². The molecule has 1 aliphatic heterocycles. The minimum atomic E-state index is 0.499. The number of halogens is 1. The van der Waals surface area contributed by atoms with Gasteiger partial charge in [0.2, 0.25) is 0 Å². The van der Waals surface area contributed by atoms with E-state index in [1.807, 2.05) is 6.07 Å². The molecule has 1 atom stereocenters. The average molecular weight is 235 g/mol. The molecule has 0 fully saturated rings. The standard InChI is InChI=1S/C13H15ClN2/c1-8-6-15-7-13-9(2)11-4-3-10(14)5-12(11)16(8)13/h3-5,8,15H,6-7H2,1-2H3/t8-/m1/s1. The van der Waals surface area contributed by atoms with E-state index in [-0.39, 0.29) is 0 Å². The van der Waals surface area contributed by atoms with E-state index in [0.717, 1.165) is 18.1 Å². The van der Waals surface area contributed by atoms with Gasteiger partial charge in [0.05, 0.1) is 5.52 Å². The number of aryl methyl sites for hydroxylation is 1. The van der Waals surface area contributed by atoms with Crippen molar-refractivity contribution in [2.45, 2.75) is 26.4 Å². The molecule has 3 rings (SSSR count). The molecule has 0 saturated carbocycles. The number of nitrogens with one attached hydrogen (secondary N) is 1. The molecular formula is C13H15ClN2. The largest absolute Gasteiger partial charge is 0.339 e. The summed E-state index contributed by atoms with van der Waals surface area (Å²) >= 11 is 6.09. The molecule has 2 heterocycles. The highest BCUT2D eigenvalue weighted by atomic mass is 35.5. The van der Waals surface area contributed by atoms with Crippen LogP contribution in [0.2, 0.25) is 5.02 Å². The fourth-order valence-corrected chi connectivity index (χ4v) is 2.88. The molecule has 2 nitrogen and oxygen atoms in total. The summed E-state index contributed by atoms with van der Waals surface area (Å²) in [6.07, 6.45) is 0. The lowest BCUT2D eigenvalue weighted by atomic mass is 10.1. The Kier molecular flexibility index (Phi) is 2.23. The zero-order chi connectivity index (χ0) is 11.3. The van der Waals surface area contributed by atoms with Gasteiger partial charge in [-0.2, -0.15) is 0 Å². The quantitative estimate of drug-likeness (QED) is 0.741. The van der Waals surface area contributed by atoms with Gasteiger partial charge in [-0.15, -0.1) is 0 Å². The first-order valence-corrected chi connectivity index (χ1v) is 6.06. The molecule has 1 aromatic carbocycles. The number of nitrogens with zero attached hydrogens (tertiary/aromatic N) is 1. The van der Waals surface area contributed by atoms with E-state index < -0.39 is 0 Å². The van der Waals surface area contributed by atoms with Crippen LogP contribution < -0.4 is 5.32 Å². The van der Waals surface area contributed by atoms with Crippen molar-refractivity contribution >= 4 is 22.5 Å².